The summed E-state index contributed by atoms with van der Waals surface area (Å²) in [7, 11) is -0.329. The molecule has 0 atom stereocenters. The van der Waals surface area contributed by atoms with Crippen molar-refractivity contribution in [2.75, 3.05) is 6.26 Å². The van der Waals surface area contributed by atoms with E-state index in [9.17, 15) is 0 Å². The third-order valence-electron chi connectivity index (χ3n) is 4.28. The summed E-state index contributed by atoms with van der Waals surface area (Å²) >= 11 is 1.67. The van der Waals surface area contributed by atoms with E-state index in [0.717, 1.165) is 21.3 Å². The highest BCUT2D eigenvalue weighted by Gasteiger charge is 2.51. The van der Waals surface area contributed by atoms with Crippen LogP contribution in [-0.4, -0.2) is 24.6 Å². The van der Waals surface area contributed by atoms with Crippen molar-refractivity contribution in [1.82, 2.24) is 0 Å². The van der Waals surface area contributed by atoms with Gasteiger partial charge in [0.1, 0.15) is 5.58 Å². The first kappa shape index (κ1) is 14.0. The van der Waals surface area contributed by atoms with Crippen LogP contribution in [0.2, 0.25) is 0 Å². The van der Waals surface area contributed by atoms with Gasteiger partial charge in [-0.15, -0.1) is 11.8 Å². The van der Waals surface area contributed by atoms with E-state index >= 15 is 0 Å². The maximum Gasteiger partial charge on any atom is 0.494 e. The fraction of sp³-hybridized carbons (Fsp3) is 0.467. The lowest BCUT2D eigenvalue weighted by molar-refractivity contribution is 0.00578. The van der Waals surface area contributed by atoms with Gasteiger partial charge >= 0.3 is 7.12 Å². The quantitative estimate of drug-likeness (QED) is 0.626. The Morgan fingerprint density at radius 3 is 2.30 bits per heavy atom. The number of furan rings is 1. The molecule has 3 nitrogen and oxygen atoms in total. The van der Waals surface area contributed by atoms with Gasteiger partial charge in [-0.05, 0) is 51.5 Å². The minimum absolute atomic E-state index is 0.317. The van der Waals surface area contributed by atoms with Gasteiger partial charge in [-0.3, -0.25) is 0 Å². The van der Waals surface area contributed by atoms with Gasteiger partial charge < -0.3 is 13.7 Å². The zero-order chi connectivity index (χ0) is 14.5. The molecule has 20 heavy (non-hydrogen) atoms. The molecule has 0 aliphatic carbocycles. The van der Waals surface area contributed by atoms with Crippen LogP contribution in [0.1, 0.15) is 27.7 Å². The predicted molar refractivity (Wildman–Crippen MR) is 83.7 cm³/mol. The highest BCUT2D eigenvalue weighted by Crippen LogP contribution is 2.37. The molecule has 106 valence electrons. The van der Waals surface area contributed by atoms with Gasteiger partial charge in [0, 0.05) is 5.39 Å². The van der Waals surface area contributed by atoms with Crippen molar-refractivity contribution < 1.29 is 13.7 Å². The van der Waals surface area contributed by atoms with Gasteiger partial charge in [0.2, 0.25) is 0 Å². The fourth-order valence-corrected chi connectivity index (χ4v) is 2.94. The lowest BCUT2D eigenvalue weighted by Gasteiger charge is -2.32. The SMILES string of the molecule is CSc1cc(B2OC(C)(C)C(C)(C)O2)cc2ccoc12. The predicted octanol–water partition coefficient (Wildman–Crippen LogP) is 3.45. The lowest BCUT2D eigenvalue weighted by atomic mass is 9.78. The molecule has 0 saturated carbocycles. The second-order valence-electron chi connectivity index (χ2n) is 6.15. The van der Waals surface area contributed by atoms with Gasteiger partial charge in [-0.1, -0.05) is 6.07 Å². The van der Waals surface area contributed by atoms with Gasteiger partial charge in [0.15, 0.2) is 0 Å². The normalized spacial score (nSPS) is 20.8. The average molecular weight is 290 g/mol. The second kappa shape index (κ2) is 4.55. The molecule has 3 rings (SSSR count). The highest BCUT2D eigenvalue weighted by molar-refractivity contribution is 7.98. The average Bonchev–Trinajstić information content (AvgIpc) is 2.91. The molecule has 0 amide bonds. The third-order valence-corrected chi connectivity index (χ3v) is 5.03. The van der Waals surface area contributed by atoms with Gasteiger partial charge in [-0.2, -0.15) is 0 Å². The Bertz CT molecular complexity index is 632. The number of hydrogen-bond acceptors (Lipinski definition) is 4. The van der Waals surface area contributed by atoms with E-state index in [4.69, 9.17) is 13.7 Å². The summed E-state index contributed by atoms with van der Waals surface area (Å²) < 4.78 is 17.8. The van der Waals surface area contributed by atoms with Gasteiger partial charge in [-0.25, -0.2) is 0 Å². The zero-order valence-corrected chi connectivity index (χ0v) is 13.3. The van der Waals surface area contributed by atoms with E-state index in [2.05, 4.69) is 39.8 Å². The molecular formula is C15H19BO3S. The number of fused-ring (bicyclic) bond motifs is 1. The van der Waals surface area contributed by atoms with Crippen molar-refractivity contribution in [1.29, 1.82) is 0 Å². The molecule has 1 saturated heterocycles. The lowest BCUT2D eigenvalue weighted by Crippen LogP contribution is -2.41. The summed E-state index contributed by atoms with van der Waals surface area (Å²) in [5, 5.41) is 1.08. The van der Waals surface area contributed by atoms with Crippen LogP contribution in [0, 0.1) is 0 Å². The first-order chi connectivity index (χ1) is 9.34. The molecule has 2 aromatic rings. The van der Waals surface area contributed by atoms with Crippen molar-refractivity contribution >= 4 is 35.3 Å². The Hall–Kier alpha value is -0.905. The molecule has 1 aromatic heterocycles. The van der Waals surface area contributed by atoms with Crippen LogP contribution in [0.4, 0.5) is 0 Å². The molecule has 1 aliphatic heterocycles. The molecule has 0 N–H and O–H groups in total. The summed E-state index contributed by atoms with van der Waals surface area (Å²) in [5.41, 5.74) is 1.34. The Balaban J connectivity index is 2.03. The van der Waals surface area contributed by atoms with Crippen LogP contribution in [0.15, 0.2) is 33.8 Å². The summed E-state index contributed by atoms with van der Waals surface area (Å²) in [6.07, 6.45) is 3.77. The highest BCUT2D eigenvalue weighted by atomic mass is 32.2. The van der Waals surface area contributed by atoms with Crippen molar-refractivity contribution in [2.45, 2.75) is 43.8 Å². The largest absolute Gasteiger partial charge is 0.494 e. The summed E-state index contributed by atoms with van der Waals surface area (Å²) in [6, 6.07) is 6.16. The Kier molecular flexibility index (Phi) is 3.20. The molecule has 0 bridgehead atoms. The number of thioether (sulfide) groups is 1. The molecule has 0 spiro atoms. The first-order valence-corrected chi connectivity index (χ1v) is 7.97. The zero-order valence-electron chi connectivity index (χ0n) is 12.5. The standard InChI is InChI=1S/C15H19BO3S/c1-14(2)15(3,4)19-16(18-14)11-8-10-6-7-17-13(10)12(9-11)20-5/h6-9H,1-5H3. The monoisotopic (exact) mass is 290 g/mol. The van der Waals surface area contributed by atoms with E-state index in [1.165, 1.54) is 0 Å². The minimum Gasteiger partial charge on any atom is -0.463 e. The Labute approximate surface area is 124 Å². The van der Waals surface area contributed by atoms with E-state index in [1.807, 2.05) is 12.3 Å². The first-order valence-electron chi connectivity index (χ1n) is 6.75. The van der Waals surface area contributed by atoms with Crippen molar-refractivity contribution in [3.8, 4) is 0 Å². The number of hydrogen-bond donors (Lipinski definition) is 0. The second-order valence-corrected chi connectivity index (χ2v) is 7.00. The van der Waals surface area contributed by atoms with Gasteiger partial charge in [0.05, 0.1) is 22.4 Å². The molecule has 1 fully saturated rings. The fourth-order valence-electron chi connectivity index (χ4n) is 2.34. The number of rotatable bonds is 2. The van der Waals surface area contributed by atoms with E-state index in [1.54, 1.807) is 18.0 Å². The minimum atomic E-state index is -0.329. The maximum atomic E-state index is 6.11. The molecular weight excluding hydrogens is 271 g/mol. The molecule has 1 aromatic carbocycles. The van der Waals surface area contributed by atoms with Crippen LogP contribution in [0.3, 0.4) is 0 Å². The van der Waals surface area contributed by atoms with E-state index in [0.29, 0.717) is 0 Å². The number of benzene rings is 1. The van der Waals surface area contributed by atoms with Crippen LogP contribution in [0.25, 0.3) is 11.0 Å². The van der Waals surface area contributed by atoms with Crippen molar-refractivity contribution in [3.05, 3.63) is 24.5 Å². The summed E-state index contributed by atoms with van der Waals surface area (Å²) in [4.78, 5) is 1.11. The van der Waals surface area contributed by atoms with Crippen LogP contribution in [-0.2, 0) is 9.31 Å². The van der Waals surface area contributed by atoms with Gasteiger partial charge in [0.25, 0.3) is 0 Å². The Morgan fingerprint density at radius 2 is 1.70 bits per heavy atom. The topological polar surface area (TPSA) is 31.6 Å². The molecule has 2 heterocycles. The maximum absolute atomic E-state index is 6.11. The van der Waals surface area contributed by atoms with E-state index < -0.39 is 0 Å². The Morgan fingerprint density at radius 1 is 1.05 bits per heavy atom. The molecule has 1 aliphatic rings. The van der Waals surface area contributed by atoms with Crippen LogP contribution >= 0.6 is 11.8 Å². The van der Waals surface area contributed by atoms with Crippen LogP contribution in [0.5, 0.6) is 0 Å². The summed E-state index contributed by atoms with van der Waals surface area (Å²) in [6.45, 7) is 8.27. The summed E-state index contributed by atoms with van der Waals surface area (Å²) in [5.74, 6) is 0. The van der Waals surface area contributed by atoms with E-state index in [-0.39, 0.29) is 18.3 Å². The van der Waals surface area contributed by atoms with Crippen molar-refractivity contribution in [3.63, 3.8) is 0 Å². The van der Waals surface area contributed by atoms with Crippen molar-refractivity contribution in [2.24, 2.45) is 0 Å². The molecule has 0 unspecified atom stereocenters. The molecule has 0 radical (unpaired) electrons. The molecule has 5 heteroatoms. The third kappa shape index (κ3) is 2.08. The van der Waals surface area contributed by atoms with Crippen LogP contribution < -0.4 is 5.46 Å². The smallest absolute Gasteiger partial charge is 0.463 e.